The highest BCUT2D eigenvalue weighted by atomic mass is 32.2. The van der Waals surface area contributed by atoms with Crippen molar-refractivity contribution >= 4 is 11.8 Å². The second-order valence-electron chi connectivity index (χ2n) is 2.25. The van der Waals surface area contributed by atoms with E-state index in [9.17, 15) is 4.39 Å². The van der Waals surface area contributed by atoms with Gasteiger partial charge in [-0.2, -0.15) is 11.8 Å². The Hall–Kier alpha value is 0.240. The number of alkyl halides is 1. The van der Waals surface area contributed by atoms with Crippen molar-refractivity contribution in [3.05, 3.63) is 0 Å². The summed E-state index contributed by atoms with van der Waals surface area (Å²) in [6.07, 6.45) is 1.06. The maximum atomic E-state index is 12.6. The van der Waals surface area contributed by atoms with Gasteiger partial charge in [-0.05, 0) is 18.6 Å². The van der Waals surface area contributed by atoms with Crippen LogP contribution in [0.25, 0.3) is 0 Å². The van der Waals surface area contributed by atoms with Gasteiger partial charge >= 0.3 is 0 Å². The molecule has 3 heteroatoms. The highest BCUT2D eigenvalue weighted by molar-refractivity contribution is 8.00. The van der Waals surface area contributed by atoms with Gasteiger partial charge in [-0.1, -0.05) is 0 Å². The second kappa shape index (κ2) is 3.42. The Morgan fingerprint density at radius 2 is 2.56 bits per heavy atom. The molecule has 0 radical (unpaired) electrons. The van der Waals surface area contributed by atoms with Crippen molar-refractivity contribution in [1.29, 1.82) is 0 Å². The number of hydrogen-bond acceptors (Lipinski definition) is 2. The van der Waals surface area contributed by atoms with E-state index in [0.29, 0.717) is 0 Å². The van der Waals surface area contributed by atoms with Crippen LogP contribution in [0.1, 0.15) is 12.8 Å². The third-order valence-electron chi connectivity index (χ3n) is 1.54. The van der Waals surface area contributed by atoms with Crippen LogP contribution in [0.5, 0.6) is 0 Å². The van der Waals surface area contributed by atoms with Crippen LogP contribution in [0.2, 0.25) is 0 Å². The zero-order valence-electron chi connectivity index (χ0n) is 5.22. The molecule has 0 bridgehead atoms. The van der Waals surface area contributed by atoms with Crippen molar-refractivity contribution in [1.82, 2.24) is 0 Å². The smallest absolute Gasteiger partial charge is 0.135 e. The molecule has 0 aromatic carbocycles. The Labute approximate surface area is 58.6 Å². The molecule has 1 fully saturated rings. The van der Waals surface area contributed by atoms with E-state index in [2.05, 4.69) is 0 Å². The Morgan fingerprint density at radius 3 is 3.00 bits per heavy atom. The van der Waals surface area contributed by atoms with Gasteiger partial charge in [-0.3, -0.25) is 0 Å². The van der Waals surface area contributed by atoms with E-state index in [-0.39, 0.29) is 11.9 Å². The Bertz CT molecular complexity index is 83.1. The van der Waals surface area contributed by atoms with E-state index in [1.807, 2.05) is 0 Å². The lowest BCUT2D eigenvalue weighted by Gasteiger charge is -2.10. The monoisotopic (exact) mass is 150 g/mol. The van der Waals surface area contributed by atoms with E-state index in [1.54, 1.807) is 11.8 Å². The molecule has 2 atom stereocenters. The summed E-state index contributed by atoms with van der Waals surface area (Å²) in [6.45, 7) is -0.308. The molecule has 1 aliphatic rings. The first kappa shape index (κ1) is 7.35. The average molecular weight is 150 g/mol. The zero-order valence-corrected chi connectivity index (χ0v) is 6.03. The fourth-order valence-corrected chi connectivity index (χ4v) is 2.27. The van der Waals surface area contributed by atoms with Crippen LogP contribution in [0.15, 0.2) is 0 Å². The summed E-state index contributed by atoms with van der Waals surface area (Å²) in [5.74, 6) is 1.06. The summed E-state index contributed by atoms with van der Waals surface area (Å²) < 4.78 is 12.6. The topological polar surface area (TPSA) is 20.2 Å². The molecular formula is C6H11FOS. The predicted octanol–water partition coefficient (Wildman–Crippen LogP) is 1.21. The molecule has 0 saturated carbocycles. The molecule has 1 nitrogen and oxygen atoms in total. The minimum atomic E-state index is -0.988. The minimum absolute atomic E-state index is 0.0787. The van der Waals surface area contributed by atoms with Gasteiger partial charge in [0.05, 0.1) is 6.61 Å². The van der Waals surface area contributed by atoms with Gasteiger partial charge in [0.15, 0.2) is 0 Å². The molecule has 0 aromatic rings. The van der Waals surface area contributed by atoms with Gasteiger partial charge in [-0.25, -0.2) is 4.39 Å². The number of rotatable bonds is 2. The molecule has 0 amide bonds. The van der Waals surface area contributed by atoms with Crippen LogP contribution in [0, 0.1) is 0 Å². The normalized spacial score (nSPS) is 30.7. The van der Waals surface area contributed by atoms with Crippen LogP contribution >= 0.6 is 11.8 Å². The van der Waals surface area contributed by atoms with E-state index in [4.69, 9.17) is 5.11 Å². The molecule has 0 aliphatic carbocycles. The fourth-order valence-electron chi connectivity index (χ4n) is 1.01. The molecule has 0 spiro atoms. The summed E-state index contributed by atoms with van der Waals surface area (Å²) in [4.78, 5) is 0. The van der Waals surface area contributed by atoms with Gasteiger partial charge in [0.2, 0.25) is 0 Å². The number of halogens is 1. The van der Waals surface area contributed by atoms with Gasteiger partial charge in [0.25, 0.3) is 0 Å². The summed E-state index contributed by atoms with van der Waals surface area (Å²) >= 11 is 1.64. The van der Waals surface area contributed by atoms with E-state index >= 15 is 0 Å². The average Bonchev–Trinajstić information content (AvgIpc) is 2.37. The Kier molecular flexibility index (Phi) is 2.79. The van der Waals surface area contributed by atoms with Gasteiger partial charge in [-0.15, -0.1) is 0 Å². The van der Waals surface area contributed by atoms with Crippen molar-refractivity contribution in [2.45, 2.75) is 24.3 Å². The standard InChI is InChI=1S/C6H11FOS/c7-5(4-8)6-2-1-3-9-6/h5-6,8H,1-4H2. The molecular weight excluding hydrogens is 139 g/mol. The molecule has 1 N–H and O–H groups in total. The van der Waals surface area contributed by atoms with Crippen molar-refractivity contribution in [3.63, 3.8) is 0 Å². The SMILES string of the molecule is OCC(F)C1CCCS1. The summed E-state index contributed by atoms with van der Waals surface area (Å²) in [7, 11) is 0. The first-order valence-electron chi connectivity index (χ1n) is 3.21. The van der Waals surface area contributed by atoms with Gasteiger partial charge in [0, 0.05) is 5.25 Å². The van der Waals surface area contributed by atoms with Crippen LogP contribution in [0.3, 0.4) is 0 Å². The summed E-state index contributed by atoms with van der Waals surface area (Å²) in [6, 6.07) is 0. The predicted molar refractivity (Wildman–Crippen MR) is 37.5 cm³/mol. The molecule has 1 rings (SSSR count). The lowest BCUT2D eigenvalue weighted by molar-refractivity contribution is 0.174. The first-order chi connectivity index (χ1) is 4.34. The largest absolute Gasteiger partial charge is 0.393 e. The Balaban J connectivity index is 2.24. The van der Waals surface area contributed by atoms with Crippen molar-refractivity contribution in [3.8, 4) is 0 Å². The quantitative estimate of drug-likeness (QED) is 0.638. The highest BCUT2D eigenvalue weighted by Gasteiger charge is 2.24. The lowest BCUT2D eigenvalue weighted by atomic mass is 10.2. The van der Waals surface area contributed by atoms with Crippen molar-refractivity contribution < 1.29 is 9.50 Å². The van der Waals surface area contributed by atoms with E-state index in [0.717, 1.165) is 18.6 Å². The maximum absolute atomic E-state index is 12.6. The fraction of sp³-hybridized carbons (Fsp3) is 1.00. The van der Waals surface area contributed by atoms with E-state index < -0.39 is 6.17 Å². The number of aliphatic hydroxyl groups excluding tert-OH is 1. The third kappa shape index (κ3) is 1.83. The minimum Gasteiger partial charge on any atom is -0.393 e. The van der Waals surface area contributed by atoms with Gasteiger partial charge < -0.3 is 5.11 Å². The van der Waals surface area contributed by atoms with Crippen molar-refractivity contribution in [2.75, 3.05) is 12.4 Å². The maximum Gasteiger partial charge on any atom is 0.135 e. The molecule has 1 heterocycles. The van der Waals surface area contributed by atoms with Gasteiger partial charge in [0.1, 0.15) is 6.17 Å². The number of aliphatic hydroxyl groups is 1. The molecule has 9 heavy (non-hydrogen) atoms. The number of thioether (sulfide) groups is 1. The zero-order chi connectivity index (χ0) is 6.69. The first-order valence-corrected chi connectivity index (χ1v) is 4.26. The third-order valence-corrected chi connectivity index (χ3v) is 3.03. The van der Waals surface area contributed by atoms with Crippen LogP contribution in [-0.4, -0.2) is 28.9 Å². The number of hydrogen-bond donors (Lipinski definition) is 1. The molecule has 54 valence electrons. The lowest BCUT2D eigenvalue weighted by Crippen LogP contribution is -2.19. The molecule has 1 saturated heterocycles. The van der Waals surface area contributed by atoms with Crippen LogP contribution in [-0.2, 0) is 0 Å². The molecule has 2 unspecified atom stereocenters. The molecule has 0 aromatic heterocycles. The summed E-state index contributed by atoms with van der Waals surface area (Å²) in [5.41, 5.74) is 0. The second-order valence-corrected chi connectivity index (χ2v) is 3.60. The van der Waals surface area contributed by atoms with Crippen molar-refractivity contribution in [2.24, 2.45) is 0 Å². The molecule has 1 aliphatic heterocycles. The highest BCUT2D eigenvalue weighted by Crippen LogP contribution is 2.29. The van der Waals surface area contributed by atoms with E-state index in [1.165, 1.54) is 0 Å². The van der Waals surface area contributed by atoms with Crippen LogP contribution in [0.4, 0.5) is 4.39 Å². The Morgan fingerprint density at radius 1 is 1.78 bits per heavy atom. The van der Waals surface area contributed by atoms with Crippen LogP contribution < -0.4 is 0 Å². The summed E-state index contributed by atoms with van der Waals surface area (Å²) in [5, 5.41) is 8.49.